The van der Waals surface area contributed by atoms with Gasteiger partial charge in [0.1, 0.15) is 17.9 Å². The van der Waals surface area contributed by atoms with Crippen molar-refractivity contribution in [3.8, 4) is 11.8 Å². The number of hydrogen-bond donors (Lipinski definition) is 0. The Labute approximate surface area is 116 Å². The Balaban J connectivity index is 1.63. The van der Waals surface area contributed by atoms with Crippen molar-refractivity contribution >= 4 is 5.82 Å². The molecule has 0 spiro atoms. The van der Waals surface area contributed by atoms with Crippen LogP contribution >= 0.6 is 0 Å². The number of nitrogens with zero attached hydrogens (tertiary/aromatic N) is 5. The molecule has 0 amide bonds. The Morgan fingerprint density at radius 1 is 1.20 bits per heavy atom. The van der Waals surface area contributed by atoms with Crippen LogP contribution in [-0.4, -0.2) is 34.4 Å². The molecular formula is C14H13N5O. The van der Waals surface area contributed by atoms with Gasteiger partial charge in [-0.15, -0.1) is 10.2 Å². The van der Waals surface area contributed by atoms with E-state index in [-0.39, 0.29) is 6.10 Å². The minimum Gasteiger partial charge on any atom is -0.488 e. The molecular weight excluding hydrogens is 254 g/mol. The maximum absolute atomic E-state index is 8.71. The number of rotatable bonds is 3. The van der Waals surface area contributed by atoms with E-state index in [4.69, 9.17) is 10.00 Å². The van der Waals surface area contributed by atoms with Crippen molar-refractivity contribution in [1.82, 2.24) is 15.2 Å². The molecule has 3 heterocycles. The number of ether oxygens (including phenoxy) is 1. The molecule has 1 unspecified atom stereocenters. The van der Waals surface area contributed by atoms with E-state index in [9.17, 15) is 0 Å². The second-order valence-corrected chi connectivity index (χ2v) is 4.55. The molecule has 3 rings (SSSR count). The van der Waals surface area contributed by atoms with E-state index in [1.807, 2.05) is 24.3 Å². The van der Waals surface area contributed by atoms with Gasteiger partial charge in [-0.1, -0.05) is 0 Å². The summed E-state index contributed by atoms with van der Waals surface area (Å²) in [5.41, 5.74) is 0.331. The van der Waals surface area contributed by atoms with E-state index in [0.717, 1.165) is 31.1 Å². The van der Waals surface area contributed by atoms with E-state index in [1.54, 1.807) is 18.5 Å². The van der Waals surface area contributed by atoms with E-state index in [1.165, 1.54) is 0 Å². The van der Waals surface area contributed by atoms with Gasteiger partial charge in [-0.25, -0.2) is 0 Å². The zero-order valence-corrected chi connectivity index (χ0v) is 10.8. The predicted octanol–water partition coefficient (Wildman–Crippen LogP) is 1.40. The molecule has 2 aromatic rings. The van der Waals surface area contributed by atoms with Crippen LogP contribution in [0.15, 0.2) is 36.7 Å². The quantitative estimate of drug-likeness (QED) is 0.836. The summed E-state index contributed by atoms with van der Waals surface area (Å²) in [5.74, 6) is 1.61. The SMILES string of the molecule is N#Cc1ccc(N2CCC(Oc3ccncc3)C2)nn1. The summed E-state index contributed by atoms with van der Waals surface area (Å²) in [4.78, 5) is 6.07. The molecule has 1 fully saturated rings. The second-order valence-electron chi connectivity index (χ2n) is 4.55. The minimum absolute atomic E-state index is 0.134. The first kappa shape index (κ1) is 12.4. The van der Waals surface area contributed by atoms with Gasteiger partial charge in [-0.05, 0) is 24.3 Å². The molecule has 1 atom stereocenters. The van der Waals surface area contributed by atoms with E-state index in [0.29, 0.717) is 5.69 Å². The Kier molecular flexibility index (Phi) is 3.42. The van der Waals surface area contributed by atoms with Crippen LogP contribution in [0, 0.1) is 11.3 Å². The maximum Gasteiger partial charge on any atom is 0.163 e. The van der Waals surface area contributed by atoms with Crippen LogP contribution in [0.25, 0.3) is 0 Å². The molecule has 0 saturated carbocycles. The molecule has 20 heavy (non-hydrogen) atoms. The zero-order valence-electron chi connectivity index (χ0n) is 10.8. The molecule has 1 aliphatic heterocycles. The standard InChI is InChI=1S/C14H13N5O/c15-9-11-1-2-14(18-17-11)19-8-5-13(10-19)20-12-3-6-16-7-4-12/h1-4,6-7,13H,5,8,10H2. The summed E-state index contributed by atoms with van der Waals surface area (Å²) in [7, 11) is 0. The predicted molar refractivity (Wildman–Crippen MR) is 72.2 cm³/mol. The van der Waals surface area contributed by atoms with Gasteiger partial charge in [-0.3, -0.25) is 4.98 Å². The Hall–Kier alpha value is -2.68. The zero-order chi connectivity index (χ0) is 13.8. The van der Waals surface area contributed by atoms with Gasteiger partial charge in [-0.2, -0.15) is 5.26 Å². The molecule has 1 saturated heterocycles. The average Bonchev–Trinajstić information content (AvgIpc) is 2.97. The molecule has 6 nitrogen and oxygen atoms in total. The number of aromatic nitrogens is 3. The topological polar surface area (TPSA) is 74.9 Å². The van der Waals surface area contributed by atoms with Crippen LogP contribution in [0.5, 0.6) is 5.75 Å². The highest BCUT2D eigenvalue weighted by molar-refractivity contribution is 5.40. The minimum atomic E-state index is 0.134. The lowest BCUT2D eigenvalue weighted by molar-refractivity contribution is 0.224. The van der Waals surface area contributed by atoms with E-state index in [2.05, 4.69) is 20.1 Å². The van der Waals surface area contributed by atoms with E-state index >= 15 is 0 Å². The second kappa shape index (κ2) is 5.53. The van der Waals surface area contributed by atoms with Crippen molar-refractivity contribution in [1.29, 1.82) is 5.26 Å². The lowest BCUT2D eigenvalue weighted by Gasteiger charge is -2.17. The van der Waals surface area contributed by atoms with Gasteiger partial charge in [0.2, 0.25) is 0 Å². The highest BCUT2D eigenvalue weighted by atomic mass is 16.5. The summed E-state index contributed by atoms with van der Waals surface area (Å²) >= 11 is 0. The fourth-order valence-corrected chi connectivity index (χ4v) is 2.20. The lowest BCUT2D eigenvalue weighted by atomic mass is 10.3. The molecule has 0 bridgehead atoms. The number of hydrogen-bond acceptors (Lipinski definition) is 6. The third-order valence-corrected chi connectivity index (χ3v) is 3.19. The summed E-state index contributed by atoms with van der Waals surface area (Å²) < 4.78 is 5.89. The lowest BCUT2D eigenvalue weighted by Crippen LogP contribution is -2.25. The number of anilines is 1. The van der Waals surface area contributed by atoms with Crippen LogP contribution in [-0.2, 0) is 0 Å². The first-order valence-corrected chi connectivity index (χ1v) is 6.40. The van der Waals surface area contributed by atoms with Gasteiger partial charge in [0.15, 0.2) is 11.5 Å². The van der Waals surface area contributed by atoms with Crippen molar-refractivity contribution in [3.05, 3.63) is 42.4 Å². The molecule has 0 aromatic carbocycles. The van der Waals surface area contributed by atoms with Crippen LogP contribution in [0.3, 0.4) is 0 Å². The fraction of sp³-hybridized carbons (Fsp3) is 0.286. The van der Waals surface area contributed by atoms with Gasteiger partial charge < -0.3 is 9.64 Å². The highest BCUT2D eigenvalue weighted by Gasteiger charge is 2.25. The first-order valence-electron chi connectivity index (χ1n) is 6.40. The van der Waals surface area contributed by atoms with Crippen molar-refractivity contribution in [3.63, 3.8) is 0 Å². The molecule has 2 aromatic heterocycles. The van der Waals surface area contributed by atoms with Crippen LogP contribution in [0.1, 0.15) is 12.1 Å². The Morgan fingerprint density at radius 3 is 2.75 bits per heavy atom. The Bertz CT molecular complexity index is 608. The van der Waals surface area contributed by atoms with Crippen molar-refractivity contribution in [2.45, 2.75) is 12.5 Å². The monoisotopic (exact) mass is 267 g/mol. The summed E-state index contributed by atoms with van der Waals surface area (Å²) in [6.07, 6.45) is 4.50. The normalized spacial score (nSPS) is 17.8. The van der Waals surface area contributed by atoms with Crippen LogP contribution < -0.4 is 9.64 Å². The maximum atomic E-state index is 8.71. The van der Waals surface area contributed by atoms with Gasteiger partial charge in [0.25, 0.3) is 0 Å². The molecule has 0 aliphatic carbocycles. The third kappa shape index (κ3) is 2.67. The van der Waals surface area contributed by atoms with Crippen molar-refractivity contribution in [2.24, 2.45) is 0 Å². The molecule has 100 valence electrons. The summed E-state index contributed by atoms with van der Waals surface area (Å²) in [6, 6.07) is 9.17. The summed E-state index contributed by atoms with van der Waals surface area (Å²) in [5, 5.41) is 16.6. The number of nitriles is 1. The molecule has 6 heteroatoms. The highest BCUT2D eigenvalue weighted by Crippen LogP contribution is 2.21. The van der Waals surface area contributed by atoms with Crippen molar-refractivity contribution in [2.75, 3.05) is 18.0 Å². The van der Waals surface area contributed by atoms with Gasteiger partial charge in [0, 0.05) is 25.4 Å². The third-order valence-electron chi connectivity index (χ3n) is 3.19. The average molecular weight is 267 g/mol. The van der Waals surface area contributed by atoms with Gasteiger partial charge in [0.05, 0.1) is 6.54 Å². The molecule has 1 aliphatic rings. The first-order chi connectivity index (χ1) is 9.85. The largest absolute Gasteiger partial charge is 0.488 e. The van der Waals surface area contributed by atoms with Crippen LogP contribution in [0.2, 0.25) is 0 Å². The summed E-state index contributed by atoms with van der Waals surface area (Å²) in [6.45, 7) is 1.64. The number of pyridine rings is 1. The van der Waals surface area contributed by atoms with E-state index < -0.39 is 0 Å². The van der Waals surface area contributed by atoms with Gasteiger partial charge >= 0.3 is 0 Å². The van der Waals surface area contributed by atoms with Crippen LogP contribution in [0.4, 0.5) is 5.82 Å². The molecule has 0 radical (unpaired) electrons. The molecule has 0 N–H and O–H groups in total. The van der Waals surface area contributed by atoms with Crippen molar-refractivity contribution < 1.29 is 4.74 Å². The Morgan fingerprint density at radius 2 is 2.05 bits per heavy atom. The fourth-order valence-electron chi connectivity index (χ4n) is 2.20. The smallest absolute Gasteiger partial charge is 0.163 e.